The van der Waals surface area contributed by atoms with E-state index in [1.165, 1.54) is 0 Å². The highest BCUT2D eigenvalue weighted by molar-refractivity contribution is 7.15. The van der Waals surface area contributed by atoms with Crippen LogP contribution >= 0.6 is 11.3 Å². The van der Waals surface area contributed by atoms with Crippen LogP contribution in [0, 0.1) is 12.8 Å². The first-order valence-electron chi connectivity index (χ1n) is 7.58. The highest BCUT2D eigenvalue weighted by Gasteiger charge is 2.36. The van der Waals surface area contributed by atoms with Crippen molar-refractivity contribution >= 4 is 11.3 Å². The molecule has 114 valence electrons. The zero-order valence-corrected chi connectivity index (χ0v) is 13.7. The molecule has 2 N–H and O–H groups in total. The van der Waals surface area contributed by atoms with E-state index >= 15 is 0 Å². The maximum atomic E-state index is 6.38. The molecule has 21 heavy (non-hydrogen) atoms. The molecule has 0 atom stereocenters. The number of thiazole rings is 1. The topological polar surface area (TPSA) is 77.8 Å². The Bertz CT molecular complexity index is 625. The van der Waals surface area contributed by atoms with Gasteiger partial charge in [-0.1, -0.05) is 31.8 Å². The Morgan fingerprint density at radius 3 is 2.67 bits per heavy atom. The third-order valence-electron chi connectivity index (χ3n) is 3.99. The van der Waals surface area contributed by atoms with Crippen LogP contribution in [0.2, 0.25) is 0 Å². The lowest BCUT2D eigenvalue weighted by Gasteiger charge is -2.17. The van der Waals surface area contributed by atoms with Gasteiger partial charge >= 0.3 is 0 Å². The standard InChI is InChI=1S/C15H22N4OS/c1-9(2)8-11-17-10(3)12(21-11)13-18-14(19-20-13)15(16)6-4-5-7-15/h9H,4-8,16H2,1-3H3. The first kappa shape index (κ1) is 14.7. The van der Waals surface area contributed by atoms with Crippen LogP contribution in [-0.4, -0.2) is 15.1 Å². The van der Waals surface area contributed by atoms with Gasteiger partial charge in [0.1, 0.15) is 4.88 Å². The molecule has 1 aliphatic rings. The first-order valence-corrected chi connectivity index (χ1v) is 8.39. The van der Waals surface area contributed by atoms with Crippen molar-refractivity contribution in [3.63, 3.8) is 0 Å². The number of aryl methyl sites for hydroxylation is 1. The summed E-state index contributed by atoms with van der Waals surface area (Å²) in [6.07, 6.45) is 5.13. The monoisotopic (exact) mass is 306 g/mol. The highest BCUT2D eigenvalue weighted by atomic mass is 32.1. The van der Waals surface area contributed by atoms with Crippen molar-refractivity contribution in [1.29, 1.82) is 0 Å². The molecule has 0 radical (unpaired) electrons. The molecule has 1 saturated carbocycles. The van der Waals surface area contributed by atoms with E-state index in [1.54, 1.807) is 11.3 Å². The molecule has 0 aliphatic heterocycles. The zero-order valence-electron chi connectivity index (χ0n) is 12.8. The second-order valence-electron chi connectivity index (χ2n) is 6.41. The lowest BCUT2D eigenvalue weighted by atomic mass is 9.99. The SMILES string of the molecule is Cc1nc(CC(C)C)sc1-c1nc(C2(N)CCCC2)no1. The van der Waals surface area contributed by atoms with Crippen LogP contribution in [0.25, 0.3) is 10.8 Å². The lowest BCUT2D eigenvalue weighted by molar-refractivity contribution is 0.373. The third kappa shape index (κ3) is 2.87. The number of nitrogens with zero attached hydrogens (tertiary/aromatic N) is 3. The van der Waals surface area contributed by atoms with Gasteiger partial charge in [-0.15, -0.1) is 11.3 Å². The van der Waals surface area contributed by atoms with Crippen molar-refractivity contribution in [2.24, 2.45) is 11.7 Å². The Kier molecular flexibility index (Phi) is 3.84. The van der Waals surface area contributed by atoms with Gasteiger partial charge in [0.25, 0.3) is 5.89 Å². The van der Waals surface area contributed by atoms with E-state index in [4.69, 9.17) is 10.3 Å². The number of nitrogens with two attached hydrogens (primary N) is 1. The molecule has 1 aliphatic carbocycles. The van der Waals surface area contributed by atoms with Gasteiger partial charge in [-0.2, -0.15) is 4.98 Å². The van der Waals surface area contributed by atoms with Gasteiger partial charge in [0.15, 0.2) is 5.82 Å². The highest BCUT2D eigenvalue weighted by Crippen LogP contribution is 2.36. The minimum Gasteiger partial charge on any atom is -0.333 e. The van der Waals surface area contributed by atoms with Gasteiger partial charge in [-0.25, -0.2) is 4.98 Å². The van der Waals surface area contributed by atoms with Crippen LogP contribution in [0.3, 0.4) is 0 Å². The van der Waals surface area contributed by atoms with Crippen LogP contribution in [0.1, 0.15) is 56.1 Å². The van der Waals surface area contributed by atoms with E-state index in [2.05, 4.69) is 29.0 Å². The number of hydrogen-bond acceptors (Lipinski definition) is 6. The summed E-state index contributed by atoms with van der Waals surface area (Å²) in [5, 5.41) is 5.25. The normalized spacial score (nSPS) is 17.8. The molecular weight excluding hydrogens is 284 g/mol. The average Bonchev–Trinajstić information content (AvgIpc) is 3.09. The minimum absolute atomic E-state index is 0.402. The van der Waals surface area contributed by atoms with E-state index in [0.29, 0.717) is 17.6 Å². The molecule has 3 rings (SSSR count). The molecule has 0 saturated heterocycles. The Labute approximate surface area is 129 Å². The van der Waals surface area contributed by atoms with E-state index in [1.807, 2.05) is 6.92 Å². The molecule has 0 unspecified atom stereocenters. The van der Waals surface area contributed by atoms with Crippen LogP contribution in [-0.2, 0) is 12.0 Å². The van der Waals surface area contributed by atoms with Crippen LogP contribution in [0.4, 0.5) is 0 Å². The van der Waals surface area contributed by atoms with Crippen molar-refractivity contribution in [3.8, 4) is 10.8 Å². The van der Waals surface area contributed by atoms with Gasteiger partial charge in [0.2, 0.25) is 0 Å². The van der Waals surface area contributed by atoms with E-state index in [-0.39, 0.29) is 0 Å². The first-order chi connectivity index (χ1) is 9.98. The molecule has 5 nitrogen and oxygen atoms in total. The summed E-state index contributed by atoms with van der Waals surface area (Å²) < 4.78 is 5.46. The third-order valence-corrected chi connectivity index (χ3v) is 5.15. The summed E-state index contributed by atoms with van der Waals surface area (Å²) >= 11 is 1.65. The summed E-state index contributed by atoms with van der Waals surface area (Å²) in [5.74, 6) is 1.80. The fraction of sp³-hybridized carbons (Fsp3) is 0.667. The second-order valence-corrected chi connectivity index (χ2v) is 7.49. The summed E-state index contributed by atoms with van der Waals surface area (Å²) in [6.45, 7) is 6.38. The van der Waals surface area contributed by atoms with Crippen molar-refractivity contribution in [2.75, 3.05) is 0 Å². The van der Waals surface area contributed by atoms with E-state index in [9.17, 15) is 0 Å². The predicted octanol–water partition coefficient (Wildman–Crippen LogP) is 3.43. The average molecular weight is 306 g/mol. The fourth-order valence-corrected chi connectivity index (χ4v) is 4.03. The summed E-state index contributed by atoms with van der Waals surface area (Å²) in [6, 6.07) is 0. The molecule has 2 aromatic heterocycles. The molecule has 0 spiro atoms. The largest absolute Gasteiger partial charge is 0.333 e. The Morgan fingerprint density at radius 1 is 1.29 bits per heavy atom. The van der Waals surface area contributed by atoms with Gasteiger partial charge < -0.3 is 10.3 Å². The van der Waals surface area contributed by atoms with Crippen molar-refractivity contribution in [3.05, 3.63) is 16.5 Å². The van der Waals surface area contributed by atoms with Crippen molar-refractivity contribution in [1.82, 2.24) is 15.1 Å². The van der Waals surface area contributed by atoms with Gasteiger partial charge in [-0.05, 0) is 25.7 Å². The maximum absolute atomic E-state index is 6.38. The van der Waals surface area contributed by atoms with Crippen LogP contribution < -0.4 is 5.73 Å². The molecule has 2 heterocycles. The summed E-state index contributed by atoms with van der Waals surface area (Å²) in [7, 11) is 0. The number of hydrogen-bond donors (Lipinski definition) is 1. The Hall–Kier alpha value is -1.27. The van der Waals surface area contributed by atoms with Gasteiger partial charge in [0.05, 0.1) is 16.2 Å². The molecule has 0 bridgehead atoms. The van der Waals surface area contributed by atoms with Crippen molar-refractivity contribution < 1.29 is 4.52 Å². The van der Waals surface area contributed by atoms with Crippen LogP contribution in [0.15, 0.2) is 4.52 Å². The van der Waals surface area contributed by atoms with Gasteiger partial charge in [-0.3, -0.25) is 0 Å². The second kappa shape index (κ2) is 5.50. The number of aromatic nitrogens is 3. The maximum Gasteiger partial charge on any atom is 0.269 e. The Morgan fingerprint density at radius 2 is 2.00 bits per heavy atom. The summed E-state index contributed by atoms with van der Waals surface area (Å²) in [4.78, 5) is 10.1. The molecule has 1 fully saturated rings. The van der Waals surface area contributed by atoms with Gasteiger partial charge in [0, 0.05) is 6.42 Å². The van der Waals surface area contributed by atoms with E-state index < -0.39 is 5.54 Å². The Balaban J connectivity index is 1.88. The number of rotatable bonds is 4. The summed E-state index contributed by atoms with van der Waals surface area (Å²) in [5.41, 5.74) is 6.94. The predicted molar refractivity (Wildman–Crippen MR) is 83.0 cm³/mol. The molecule has 0 amide bonds. The zero-order chi connectivity index (χ0) is 15.0. The molecule has 2 aromatic rings. The molecule has 0 aromatic carbocycles. The van der Waals surface area contributed by atoms with Crippen molar-refractivity contribution in [2.45, 2.75) is 58.4 Å². The minimum atomic E-state index is -0.402. The molecular formula is C15H22N4OS. The lowest BCUT2D eigenvalue weighted by Crippen LogP contribution is -2.34. The van der Waals surface area contributed by atoms with Crippen LogP contribution in [0.5, 0.6) is 0 Å². The molecule has 6 heteroatoms. The smallest absolute Gasteiger partial charge is 0.269 e. The quantitative estimate of drug-likeness (QED) is 0.936. The fourth-order valence-electron chi connectivity index (χ4n) is 2.83. The van der Waals surface area contributed by atoms with E-state index in [0.717, 1.165) is 47.7 Å².